The van der Waals surface area contributed by atoms with Crippen molar-refractivity contribution in [3.63, 3.8) is 0 Å². The zero-order valence-electron chi connectivity index (χ0n) is 9.79. The van der Waals surface area contributed by atoms with E-state index in [-0.39, 0.29) is 0 Å². The van der Waals surface area contributed by atoms with E-state index in [2.05, 4.69) is 26.3 Å². The number of nitrogens with one attached hydrogen (secondary N) is 1. The Morgan fingerprint density at radius 2 is 2.44 bits per heavy atom. The molecule has 1 aliphatic heterocycles. The normalized spacial score (nSPS) is 21.3. The first-order valence-corrected chi connectivity index (χ1v) is 6.48. The number of piperidine rings is 1. The lowest BCUT2D eigenvalue weighted by Crippen LogP contribution is -2.35. The number of aryl methyl sites for hydroxylation is 2. The molecule has 0 unspecified atom stereocenters. The monoisotopic (exact) mass is 287 g/mol. The lowest BCUT2D eigenvalue weighted by atomic mass is 10.1. The molecule has 0 radical (unpaired) electrons. The average Bonchev–Trinajstić information content (AvgIpc) is 2.53. The van der Waals surface area contributed by atoms with Crippen molar-refractivity contribution < 1.29 is 4.74 Å². The van der Waals surface area contributed by atoms with Crippen molar-refractivity contribution in [2.45, 2.75) is 32.5 Å². The quantitative estimate of drug-likeness (QED) is 0.921. The van der Waals surface area contributed by atoms with Gasteiger partial charge in [-0.05, 0) is 42.2 Å². The predicted octanol–water partition coefficient (Wildman–Crippen LogP) is 1.76. The summed E-state index contributed by atoms with van der Waals surface area (Å²) >= 11 is 3.55. The van der Waals surface area contributed by atoms with Gasteiger partial charge in [-0.25, -0.2) is 0 Å². The second kappa shape index (κ2) is 5.29. The van der Waals surface area contributed by atoms with Crippen molar-refractivity contribution in [3.8, 4) is 0 Å². The Bertz CT molecular complexity index is 358. The van der Waals surface area contributed by atoms with Crippen molar-refractivity contribution >= 4 is 15.9 Å². The molecule has 0 amide bonds. The number of nitrogens with zero attached hydrogens (tertiary/aromatic N) is 2. The molecular weight excluding hydrogens is 270 g/mol. The van der Waals surface area contributed by atoms with Crippen LogP contribution in [0.1, 0.15) is 24.2 Å². The summed E-state index contributed by atoms with van der Waals surface area (Å²) in [4.78, 5) is 0. The van der Waals surface area contributed by atoms with E-state index >= 15 is 0 Å². The number of hydrogen-bond acceptors (Lipinski definition) is 3. The largest absolute Gasteiger partial charge is 0.371 e. The molecule has 1 atom stereocenters. The minimum atomic E-state index is 0.343. The lowest BCUT2D eigenvalue weighted by molar-refractivity contribution is 0.0219. The molecule has 1 N–H and O–H groups in total. The van der Waals surface area contributed by atoms with Gasteiger partial charge < -0.3 is 10.1 Å². The average molecular weight is 288 g/mol. The van der Waals surface area contributed by atoms with E-state index in [9.17, 15) is 0 Å². The number of aromatic nitrogens is 2. The van der Waals surface area contributed by atoms with Crippen LogP contribution in [0.5, 0.6) is 0 Å². The second-order valence-electron chi connectivity index (χ2n) is 4.25. The third-order valence-electron chi connectivity index (χ3n) is 2.97. The molecule has 1 aromatic heterocycles. The molecule has 4 nitrogen and oxygen atoms in total. The van der Waals surface area contributed by atoms with E-state index in [0.29, 0.717) is 12.7 Å². The Morgan fingerprint density at radius 3 is 3.00 bits per heavy atom. The molecule has 16 heavy (non-hydrogen) atoms. The molecule has 90 valence electrons. The molecule has 2 heterocycles. The van der Waals surface area contributed by atoms with Crippen LogP contribution in [0, 0.1) is 6.92 Å². The minimum Gasteiger partial charge on any atom is -0.371 e. The van der Waals surface area contributed by atoms with Crippen molar-refractivity contribution in [1.29, 1.82) is 0 Å². The molecule has 1 aliphatic rings. The van der Waals surface area contributed by atoms with Gasteiger partial charge in [-0.2, -0.15) is 5.10 Å². The minimum absolute atomic E-state index is 0.343. The van der Waals surface area contributed by atoms with E-state index in [1.54, 1.807) is 0 Å². The van der Waals surface area contributed by atoms with Crippen LogP contribution in [-0.2, 0) is 18.4 Å². The fourth-order valence-electron chi connectivity index (χ4n) is 2.00. The first kappa shape index (κ1) is 12.1. The SMILES string of the molecule is Cc1nn(C)c(CO[C@H]2CCCNC2)c1Br. The van der Waals surface area contributed by atoms with Gasteiger partial charge in [-0.15, -0.1) is 0 Å². The maximum Gasteiger partial charge on any atom is 0.0900 e. The van der Waals surface area contributed by atoms with Crippen molar-refractivity contribution in [2.24, 2.45) is 7.05 Å². The summed E-state index contributed by atoms with van der Waals surface area (Å²) in [6, 6.07) is 0. The topological polar surface area (TPSA) is 39.1 Å². The highest BCUT2D eigenvalue weighted by Gasteiger charge is 2.16. The van der Waals surface area contributed by atoms with Crippen LogP contribution in [-0.4, -0.2) is 29.0 Å². The van der Waals surface area contributed by atoms with Gasteiger partial charge in [0.2, 0.25) is 0 Å². The summed E-state index contributed by atoms with van der Waals surface area (Å²) in [6.07, 6.45) is 2.70. The highest BCUT2D eigenvalue weighted by atomic mass is 79.9. The highest BCUT2D eigenvalue weighted by Crippen LogP contribution is 2.21. The van der Waals surface area contributed by atoms with Crippen molar-refractivity contribution in [2.75, 3.05) is 13.1 Å². The van der Waals surface area contributed by atoms with Gasteiger partial charge in [0.25, 0.3) is 0 Å². The van der Waals surface area contributed by atoms with Crippen LogP contribution in [0.15, 0.2) is 4.47 Å². The van der Waals surface area contributed by atoms with Gasteiger partial charge in [0.15, 0.2) is 0 Å². The summed E-state index contributed by atoms with van der Waals surface area (Å²) < 4.78 is 8.84. The van der Waals surface area contributed by atoms with E-state index < -0.39 is 0 Å². The van der Waals surface area contributed by atoms with Crippen LogP contribution in [0.4, 0.5) is 0 Å². The van der Waals surface area contributed by atoms with E-state index in [4.69, 9.17) is 4.74 Å². The molecule has 0 aromatic carbocycles. The van der Waals surface area contributed by atoms with Gasteiger partial charge in [-0.3, -0.25) is 4.68 Å². The summed E-state index contributed by atoms with van der Waals surface area (Å²) in [5, 5.41) is 7.69. The zero-order valence-corrected chi connectivity index (χ0v) is 11.4. The third-order valence-corrected chi connectivity index (χ3v) is 4.00. The Labute approximate surface area is 104 Å². The fourth-order valence-corrected chi connectivity index (χ4v) is 2.45. The summed E-state index contributed by atoms with van der Waals surface area (Å²) in [6.45, 7) is 4.71. The Balaban J connectivity index is 1.93. The van der Waals surface area contributed by atoms with Crippen LogP contribution < -0.4 is 5.32 Å². The number of hydrogen-bond donors (Lipinski definition) is 1. The highest BCUT2D eigenvalue weighted by molar-refractivity contribution is 9.10. The second-order valence-corrected chi connectivity index (χ2v) is 5.04. The molecule has 2 rings (SSSR count). The maximum absolute atomic E-state index is 5.89. The van der Waals surface area contributed by atoms with Gasteiger partial charge in [-0.1, -0.05) is 0 Å². The number of rotatable bonds is 3. The summed E-state index contributed by atoms with van der Waals surface area (Å²) in [5.74, 6) is 0. The van der Waals surface area contributed by atoms with Crippen LogP contribution in [0.2, 0.25) is 0 Å². The molecule has 0 aliphatic carbocycles. The van der Waals surface area contributed by atoms with E-state index in [0.717, 1.165) is 35.4 Å². The maximum atomic E-state index is 5.89. The van der Waals surface area contributed by atoms with Crippen molar-refractivity contribution in [3.05, 3.63) is 15.9 Å². The van der Waals surface area contributed by atoms with Gasteiger partial charge >= 0.3 is 0 Å². The van der Waals surface area contributed by atoms with E-state index in [1.165, 1.54) is 6.42 Å². The molecule has 1 fully saturated rings. The van der Waals surface area contributed by atoms with Crippen LogP contribution in [0.3, 0.4) is 0 Å². The molecule has 0 saturated carbocycles. The standard InChI is InChI=1S/C11H18BrN3O/c1-8-11(12)10(15(2)14-8)7-16-9-4-3-5-13-6-9/h9,13H,3-7H2,1-2H3/t9-/m0/s1. The Hall–Kier alpha value is -0.390. The summed E-state index contributed by atoms with van der Waals surface area (Å²) in [5.41, 5.74) is 2.13. The third kappa shape index (κ3) is 2.64. The van der Waals surface area contributed by atoms with Gasteiger partial charge in [0.05, 0.1) is 28.6 Å². The molecule has 5 heteroatoms. The fraction of sp³-hybridized carbons (Fsp3) is 0.727. The lowest BCUT2D eigenvalue weighted by Gasteiger charge is -2.23. The Kier molecular flexibility index (Phi) is 4.00. The van der Waals surface area contributed by atoms with Gasteiger partial charge in [0, 0.05) is 13.6 Å². The van der Waals surface area contributed by atoms with Gasteiger partial charge in [0.1, 0.15) is 0 Å². The molecule has 0 spiro atoms. The first-order valence-electron chi connectivity index (χ1n) is 5.68. The van der Waals surface area contributed by atoms with Crippen LogP contribution in [0.25, 0.3) is 0 Å². The zero-order chi connectivity index (χ0) is 11.5. The smallest absolute Gasteiger partial charge is 0.0900 e. The predicted molar refractivity (Wildman–Crippen MR) is 66.3 cm³/mol. The molecule has 0 bridgehead atoms. The summed E-state index contributed by atoms with van der Waals surface area (Å²) in [7, 11) is 1.95. The van der Waals surface area contributed by atoms with Crippen LogP contribution >= 0.6 is 15.9 Å². The molecule has 1 saturated heterocycles. The molecule has 1 aromatic rings. The first-order chi connectivity index (χ1) is 7.68. The number of ether oxygens (including phenoxy) is 1. The molecular formula is C11H18BrN3O. The number of halogens is 1. The van der Waals surface area contributed by atoms with Crippen molar-refractivity contribution in [1.82, 2.24) is 15.1 Å². The van der Waals surface area contributed by atoms with E-state index in [1.807, 2.05) is 18.7 Å². The Morgan fingerprint density at radius 1 is 1.62 bits per heavy atom.